The van der Waals surface area contributed by atoms with Gasteiger partial charge in [0.1, 0.15) is 0 Å². The smallest absolute Gasteiger partial charge is 0.295 e. The second-order valence-corrected chi connectivity index (χ2v) is 5.43. The first-order valence-electron chi connectivity index (χ1n) is 6.49. The Kier molecular flexibility index (Phi) is 3.49. The van der Waals surface area contributed by atoms with Crippen molar-refractivity contribution in [3.8, 4) is 0 Å². The summed E-state index contributed by atoms with van der Waals surface area (Å²) in [4.78, 5) is 12.3. The molecule has 0 atom stereocenters. The van der Waals surface area contributed by atoms with Crippen molar-refractivity contribution in [2.45, 2.75) is 11.9 Å². The number of aryl methyl sites for hydroxylation is 1. The largest absolute Gasteiger partial charge is 0.329 e. The van der Waals surface area contributed by atoms with Gasteiger partial charge < -0.3 is 0 Å². The predicted molar refractivity (Wildman–Crippen MR) is 85.4 cm³/mol. The van der Waals surface area contributed by atoms with Crippen LogP contribution in [0.2, 0.25) is 0 Å². The number of hydrogen-bond donors (Lipinski definition) is 0. The fraction of sp³-hybridized carbons (Fsp3) is 0.188. The van der Waals surface area contributed by atoms with Crippen LogP contribution in [-0.2, 0) is 18.9 Å². The van der Waals surface area contributed by atoms with Gasteiger partial charge in [-0.1, -0.05) is 52.3 Å². The minimum atomic E-state index is 0.0239. The first-order valence-corrected chi connectivity index (χ1v) is 7.61. The molecule has 102 valence electrons. The van der Waals surface area contributed by atoms with Crippen LogP contribution in [0.25, 0.3) is 11.0 Å². The highest BCUT2D eigenvalue weighted by Crippen LogP contribution is 2.14. The molecule has 2 aromatic carbocycles. The fourth-order valence-electron chi connectivity index (χ4n) is 2.43. The molecule has 0 unspecified atom stereocenters. The Balaban J connectivity index is 2.06. The van der Waals surface area contributed by atoms with Gasteiger partial charge in [0.15, 0.2) is 0 Å². The van der Waals surface area contributed by atoms with Crippen LogP contribution < -0.4 is 5.69 Å². The molecule has 0 aliphatic rings. The van der Waals surface area contributed by atoms with Gasteiger partial charge >= 0.3 is 5.69 Å². The summed E-state index contributed by atoms with van der Waals surface area (Å²) in [5, 5.41) is 0.849. The van der Waals surface area contributed by atoms with E-state index in [0.717, 1.165) is 21.9 Å². The molecule has 4 heteroatoms. The zero-order chi connectivity index (χ0) is 14.1. The summed E-state index contributed by atoms with van der Waals surface area (Å²) in [6, 6.07) is 16.2. The van der Waals surface area contributed by atoms with Crippen molar-refractivity contribution >= 4 is 27.0 Å². The lowest BCUT2D eigenvalue weighted by Crippen LogP contribution is -2.22. The average molecular weight is 331 g/mol. The molecule has 3 aromatic rings. The second kappa shape index (κ2) is 5.29. The van der Waals surface area contributed by atoms with E-state index in [1.165, 1.54) is 5.56 Å². The number of alkyl halides is 1. The molecule has 0 bridgehead atoms. The molecule has 3 rings (SSSR count). The highest BCUT2D eigenvalue weighted by Gasteiger charge is 2.09. The Bertz CT molecular complexity index is 799. The molecule has 1 heterocycles. The van der Waals surface area contributed by atoms with Crippen molar-refractivity contribution in [3.63, 3.8) is 0 Å². The number of imidazole rings is 1. The summed E-state index contributed by atoms with van der Waals surface area (Å²) < 4.78 is 3.51. The number of nitrogens with zero attached hydrogens (tertiary/aromatic N) is 2. The summed E-state index contributed by atoms with van der Waals surface area (Å²) in [5.41, 5.74) is 4.34. The lowest BCUT2D eigenvalue weighted by Gasteiger charge is -2.04. The van der Waals surface area contributed by atoms with Crippen LogP contribution in [0.1, 0.15) is 11.1 Å². The number of hydrogen-bond acceptors (Lipinski definition) is 1. The lowest BCUT2D eigenvalue weighted by molar-refractivity contribution is 0.736. The van der Waals surface area contributed by atoms with Crippen molar-refractivity contribution < 1.29 is 0 Å². The molecule has 0 N–H and O–H groups in total. The third-order valence-electron chi connectivity index (χ3n) is 3.57. The Morgan fingerprint density at radius 2 is 1.55 bits per heavy atom. The van der Waals surface area contributed by atoms with Crippen molar-refractivity contribution in [1.82, 2.24) is 9.13 Å². The first kappa shape index (κ1) is 13.2. The molecule has 1 aromatic heterocycles. The highest BCUT2D eigenvalue weighted by atomic mass is 79.9. The predicted octanol–water partition coefficient (Wildman–Crippen LogP) is 3.28. The number of para-hydroxylation sites is 2. The Hall–Kier alpha value is -1.81. The van der Waals surface area contributed by atoms with E-state index in [1.807, 2.05) is 35.9 Å². The molecular formula is C16H15BrN2O. The van der Waals surface area contributed by atoms with Gasteiger partial charge in [0.25, 0.3) is 0 Å². The van der Waals surface area contributed by atoms with Gasteiger partial charge in [-0.2, -0.15) is 0 Å². The van der Waals surface area contributed by atoms with Crippen LogP contribution in [0.4, 0.5) is 0 Å². The van der Waals surface area contributed by atoms with E-state index in [2.05, 4.69) is 40.2 Å². The third-order valence-corrected chi connectivity index (χ3v) is 4.22. The standard InChI is InChI=1S/C16H15BrN2O/c1-18-14-4-2-3-5-15(14)19(16(18)20)11-13-8-6-12(10-17)7-9-13/h2-9H,10-11H2,1H3. The van der Waals surface area contributed by atoms with Gasteiger partial charge in [0.05, 0.1) is 17.6 Å². The van der Waals surface area contributed by atoms with Crippen LogP contribution in [0.5, 0.6) is 0 Å². The summed E-state index contributed by atoms with van der Waals surface area (Å²) in [6.07, 6.45) is 0. The normalized spacial score (nSPS) is 11.1. The van der Waals surface area contributed by atoms with Crippen LogP contribution >= 0.6 is 15.9 Å². The first-order chi connectivity index (χ1) is 9.70. The van der Waals surface area contributed by atoms with Crippen LogP contribution in [0, 0.1) is 0 Å². The van der Waals surface area contributed by atoms with E-state index in [1.54, 1.807) is 4.57 Å². The summed E-state index contributed by atoms with van der Waals surface area (Å²) in [5.74, 6) is 0. The lowest BCUT2D eigenvalue weighted by atomic mass is 10.1. The maximum atomic E-state index is 12.3. The number of halogens is 1. The Labute approximate surface area is 125 Å². The molecule has 0 fully saturated rings. The molecule has 0 spiro atoms. The Morgan fingerprint density at radius 1 is 0.950 bits per heavy atom. The molecule has 0 radical (unpaired) electrons. The molecule has 3 nitrogen and oxygen atoms in total. The molecule has 0 saturated heterocycles. The summed E-state index contributed by atoms with van der Waals surface area (Å²) >= 11 is 3.44. The van der Waals surface area contributed by atoms with Crippen LogP contribution in [0.3, 0.4) is 0 Å². The zero-order valence-electron chi connectivity index (χ0n) is 11.2. The second-order valence-electron chi connectivity index (χ2n) is 4.87. The van der Waals surface area contributed by atoms with Crippen LogP contribution in [-0.4, -0.2) is 9.13 Å². The highest BCUT2D eigenvalue weighted by molar-refractivity contribution is 9.08. The molecular weight excluding hydrogens is 316 g/mol. The van der Waals surface area contributed by atoms with Gasteiger partial charge in [0, 0.05) is 12.4 Å². The van der Waals surface area contributed by atoms with Crippen LogP contribution in [0.15, 0.2) is 53.3 Å². The monoisotopic (exact) mass is 330 g/mol. The van der Waals surface area contributed by atoms with E-state index in [9.17, 15) is 4.79 Å². The number of benzene rings is 2. The molecule has 0 amide bonds. The van der Waals surface area contributed by atoms with Gasteiger partial charge in [-0.3, -0.25) is 9.13 Å². The van der Waals surface area contributed by atoms with Gasteiger partial charge in [0.2, 0.25) is 0 Å². The van der Waals surface area contributed by atoms with Crippen molar-refractivity contribution in [2.75, 3.05) is 0 Å². The fourth-order valence-corrected chi connectivity index (χ4v) is 2.81. The van der Waals surface area contributed by atoms with E-state index in [0.29, 0.717) is 6.54 Å². The molecule has 20 heavy (non-hydrogen) atoms. The molecule has 0 saturated carbocycles. The van der Waals surface area contributed by atoms with Gasteiger partial charge in [-0.05, 0) is 23.3 Å². The number of fused-ring (bicyclic) bond motifs is 1. The Morgan fingerprint density at radius 3 is 2.20 bits per heavy atom. The minimum Gasteiger partial charge on any atom is -0.295 e. The SMILES string of the molecule is Cn1c(=O)n(Cc2ccc(CBr)cc2)c2ccccc21. The third kappa shape index (κ3) is 2.20. The zero-order valence-corrected chi connectivity index (χ0v) is 12.8. The number of rotatable bonds is 3. The van der Waals surface area contributed by atoms with Crippen molar-refractivity contribution in [3.05, 3.63) is 70.1 Å². The summed E-state index contributed by atoms with van der Waals surface area (Å²) in [6.45, 7) is 0.600. The summed E-state index contributed by atoms with van der Waals surface area (Å²) in [7, 11) is 1.81. The number of aromatic nitrogens is 2. The molecule has 0 aliphatic heterocycles. The maximum Gasteiger partial charge on any atom is 0.329 e. The van der Waals surface area contributed by atoms with E-state index in [4.69, 9.17) is 0 Å². The van der Waals surface area contributed by atoms with Crippen molar-refractivity contribution in [1.29, 1.82) is 0 Å². The molecule has 0 aliphatic carbocycles. The van der Waals surface area contributed by atoms with E-state index in [-0.39, 0.29) is 5.69 Å². The van der Waals surface area contributed by atoms with Crippen molar-refractivity contribution in [2.24, 2.45) is 7.05 Å². The van der Waals surface area contributed by atoms with E-state index >= 15 is 0 Å². The van der Waals surface area contributed by atoms with Gasteiger partial charge in [-0.25, -0.2) is 4.79 Å². The minimum absolute atomic E-state index is 0.0239. The van der Waals surface area contributed by atoms with E-state index < -0.39 is 0 Å². The topological polar surface area (TPSA) is 26.9 Å². The average Bonchev–Trinajstić information content (AvgIpc) is 2.74. The van der Waals surface area contributed by atoms with Gasteiger partial charge in [-0.15, -0.1) is 0 Å². The quantitative estimate of drug-likeness (QED) is 0.677. The maximum absolute atomic E-state index is 12.3.